The van der Waals surface area contributed by atoms with Crippen LogP contribution in [-0.2, 0) is 10.5 Å². The van der Waals surface area contributed by atoms with Gasteiger partial charge >= 0.3 is 5.97 Å². The molecule has 2 aromatic carbocycles. The summed E-state index contributed by atoms with van der Waals surface area (Å²) in [6.45, 7) is 3.93. The molecule has 0 bridgehead atoms. The van der Waals surface area contributed by atoms with Crippen molar-refractivity contribution in [1.82, 2.24) is 25.2 Å². The maximum atomic E-state index is 13.6. The van der Waals surface area contributed by atoms with Crippen molar-refractivity contribution in [2.24, 2.45) is 0 Å². The lowest BCUT2D eigenvalue weighted by Crippen LogP contribution is -2.12. The first kappa shape index (κ1) is 20.0. The van der Waals surface area contributed by atoms with Crippen LogP contribution in [0.5, 0.6) is 0 Å². The molecule has 4 rings (SSSR count). The number of ether oxygens (including phenoxy) is 1. The molecule has 152 valence electrons. The van der Waals surface area contributed by atoms with Crippen molar-refractivity contribution in [2.45, 2.75) is 24.8 Å². The Kier molecular flexibility index (Phi) is 5.71. The smallest absolute Gasteiger partial charge is 0.340 e. The van der Waals surface area contributed by atoms with Gasteiger partial charge in [0.1, 0.15) is 5.82 Å². The third-order valence-electron chi connectivity index (χ3n) is 4.54. The zero-order valence-electron chi connectivity index (χ0n) is 16.4. The molecule has 9 heteroatoms. The molecule has 0 N–H and O–H groups in total. The molecule has 4 aromatic rings. The zero-order chi connectivity index (χ0) is 21.1. The van der Waals surface area contributed by atoms with E-state index in [1.54, 1.807) is 19.1 Å². The van der Waals surface area contributed by atoms with Gasteiger partial charge in [0.2, 0.25) is 5.16 Å². The number of aromatic nitrogens is 5. The van der Waals surface area contributed by atoms with E-state index in [0.29, 0.717) is 27.9 Å². The highest BCUT2D eigenvalue weighted by atomic mass is 32.2. The van der Waals surface area contributed by atoms with Crippen LogP contribution in [0.2, 0.25) is 0 Å². The first-order valence-corrected chi connectivity index (χ1v) is 10.3. The average molecular weight is 423 g/mol. The molecular weight excluding hydrogens is 405 g/mol. The predicted molar refractivity (Wildman–Crippen MR) is 111 cm³/mol. The minimum absolute atomic E-state index is 0.273. The first-order valence-electron chi connectivity index (χ1n) is 9.31. The Hall–Kier alpha value is -3.33. The Labute approximate surface area is 176 Å². The molecule has 2 aromatic heterocycles. The van der Waals surface area contributed by atoms with Crippen molar-refractivity contribution in [3.8, 4) is 5.69 Å². The number of aryl methyl sites for hydroxylation is 1. The summed E-state index contributed by atoms with van der Waals surface area (Å²) in [7, 11) is 0. The number of halogens is 1. The number of rotatable bonds is 6. The van der Waals surface area contributed by atoms with Gasteiger partial charge in [-0.1, -0.05) is 36.0 Å². The molecule has 0 fully saturated rings. The topological polar surface area (TPSA) is 82.8 Å². The summed E-state index contributed by atoms with van der Waals surface area (Å²) in [5.74, 6) is -0.445. The quantitative estimate of drug-likeness (QED) is 0.341. The molecule has 0 spiro atoms. The number of thioether (sulfide) groups is 1. The van der Waals surface area contributed by atoms with E-state index >= 15 is 0 Å². The minimum Gasteiger partial charge on any atom is -0.462 e. The lowest BCUT2D eigenvalue weighted by atomic mass is 10.0. The summed E-state index contributed by atoms with van der Waals surface area (Å²) >= 11 is 1.31. The van der Waals surface area contributed by atoms with Gasteiger partial charge in [-0.2, -0.15) is 4.68 Å². The Balaban J connectivity index is 1.70. The van der Waals surface area contributed by atoms with Crippen LogP contribution in [-0.4, -0.2) is 37.8 Å². The van der Waals surface area contributed by atoms with Crippen molar-refractivity contribution in [3.05, 3.63) is 71.2 Å². The number of fused-ring (bicyclic) bond motifs is 1. The van der Waals surface area contributed by atoms with Gasteiger partial charge in [-0.25, -0.2) is 9.18 Å². The van der Waals surface area contributed by atoms with E-state index in [1.165, 1.54) is 28.6 Å². The van der Waals surface area contributed by atoms with Gasteiger partial charge in [-0.05, 0) is 54.1 Å². The molecule has 0 amide bonds. The van der Waals surface area contributed by atoms with Gasteiger partial charge in [0.25, 0.3) is 0 Å². The Bertz CT molecular complexity index is 1230. The van der Waals surface area contributed by atoms with Crippen LogP contribution in [0.25, 0.3) is 16.6 Å². The maximum Gasteiger partial charge on any atom is 0.340 e. The van der Waals surface area contributed by atoms with Crippen LogP contribution in [0, 0.1) is 12.7 Å². The van der Waals surface area contributed by atoms with Crippen LogP contribution in [0.1, 0.15) is 28.5 Å². The number of carbonyl (C=O) groups is 1. The fourth-order valence-electron chi connectivity index (χ4n) is 3.19. The van der Waals surface area contributed by atoms with Gasteiger partial charge in [0.05, 0.1) is 29.1 Å². The fraction of sp³-hybridized carbons (Fsp3) is 0.190. The molecule has 7 nitrogen and oxygen atoms in total. The van der Waals surface area contributed by atoms with E-state index in [-0.39, 0.29) is 12.4 Å². The van der Waals surface area contributed by atoms with E-state index < -0.39 is 5.97 Å². The van der Waals surface area contributed by atoms with E-state index in [2.05, 4.69) is 15.5 Å². The molecule has 30 heavy (non-hydrogen) atoms. The van der Waals surface area contributed by atoms with E-state index in [0.717, 1.165) is 16.5 Å². The standard InChI is InChI=1S/C21H18FN5O2S/c1-3-29-20(28)19-13(2)16-9-4-5-10-17(16)23-18(19)12-30-21-24-25-26-27(21)15-8-6-7-14(22)11-15/h4-11H,3,12H2,1-2H3. The number of nitrogens with zero attached hydrogens (tertiary/aromatic N) is 5. The average Bonchev–Trinajstić information content (AvgIpc) is 3.21. The largest absolute Gasteiger partial charge is 0.462 e. The molecule has 0 atom stereocenters. The van der Waals surface area contributed by atoms with Gasteiger partial charge in [-0.3, -0.25) is 4.98 Å². The summed E-state index contributed by atoms with van der Waals surface area (Å²) in [5, 5.41) is 13.0. The van der Waals surface area contributed by atoms with Crippen LogP contribution >= 0.6 is 11.8 Å². The Morgan fingerprint density at radius 1 is 1.20 bits per heavy atom. The van der Waals surface area contributed by atoms with Crippen molar-refractivity contribution < 1.29 is 13.9 Å². The monoisotopic (exact) mass is 423 g/mol. The van der Waals surface area contributed by atoms with Gasteiger partial charge in [0.15, 0.2) is 0 Å². The number of carbonyl (C=O) groups excluding carboxylic acids is 1. The van der Waals surface area contributed by atoms with E-state index in [1.807, 2.05) is 31.2 Å². The second-order valence-corrected chi connectivity index (χ2v) is 7.38. The number of hydrogen-bond donors (Lipinski definition) is 0. The van der Waals surface area contributed by atoms with Crippen molar-refractivity contribution in [1.29, 1.82) is 0 Å². The van der Waals surface area contributed by atoms with Gasteiger partial charge in [0, 0.05) is 11.1 Å². The summed E-state index contributed by atoms with van der Waals surface area (Å²) < 4.78 is 20.3. The van der Waals surface area contributed by atoms with Crippen molar-refractivity contribution in [2.75, 3.05) is 6.61 Å². The van der Waals surface area contributed by atoms with Crippen LogP contribution < -0.4 is 0 Å². The molecule has 0 unspecified atom stereocenters. The number of para-hydroxylation sites is 1. The molecule has 2 heterocycles. The molecule has 0 radical (unpaired) electrons. The van der Waals surface area contributed by atoms with Crippen molar-refractivity contribution >= 4 is 28.6 Å². The predicted octanol–water partition coefficient (Wildman–Crippen LogP) is 4.13. The first-order chi connectivity index (χ1) is 14.6. The second-order valence-electron chi connectivity index (χ2n) is 6.44. The summed E-state index contributed by atoms with van der Waals surface area (Å²) in [6, 6.07) is 13.7. The summed E-state index contributed by atoms with van der Waals surface area (Å²) in [5.41, 5.74) is 3.16. The third-order valence-corrected chi connectivity index (χ3v) is 5.47. The summed E-state index contributed by atoms with van der Waals surface area (Å²) in [4.78, 5) is 17.4. The highest BCUT2D eigenvalue weighted by Crippen LogP contribution is 2.29. The molecule has 0 saturated carbocycles. The van der Waals surface area contributed by atoms with Crippen molar-refractivity contribution in [3.63, 3.8) is 0 Å². The number of benzene rings is 2. The maximum absolute atomic E-state index is 13.6. The number of pyridine rings is 1. The molecular formula is C21H18FN5O2S. The lowest BCUT2D eigenvalue weighted by molar-refractivity contribution is 0.0524. The molecule has 0 aliphatic rings. The zero-order valence-corrected chi connectivity index (χ0v) is 17.2. The molecule has 0 aliphatic carbocycles. The van der Waals surface area contributed by atoms with Crippen LogP contribution in [0.3, 0.4) is 0 Å². The van der Waals surface area contributed by atoms with E-state index in [4.69, 9.17) is 9.72 Å². The Morgan fingerprint density at radius 3 is 2.83 bits per heavy atom. The molecule has 0 aliphatic heterocycles. The highest BCUT2D eigenvalue weighted by Gasteiger charge is 2.21. The SMILES string of the molecule is CCOC(=O)c1c(CSc2nnnn2-c2cccc(F)c2)nc2ccccc2c1C. The fourth-order valence-corrected chi connectivity index (χ4v) is 4.02. The minimum atomic E-state index is -0.409. The lowest BCUT2D eigenvalue weighted by Gasteiger charge is -2.13. The Morgan fingerprint density at radius 2 is 2.03 bits per heavy atom. The van der Waals surface area contributed by atoms with Crippen LogP contribution in [0.4, 0.5) is 4.39 Å². The van der Waals surface area contributed by atoms with E-state index in [9.17, 15) is 9.18 Å². The van der Waals surface area contributed by atoms with Crippen LogP contribution in [0.15, 0.2) is 53.7 Å². The number of hydrogen-bond acceptors (Lipinski definition) is 7. The normalized spacial score (nSPS) is 11.0. The highest BCUT2D eigenvalue weighted by molar-refractivity contribution is 7.98. The number of esters is 1. The number of tetrazole rings is 1. The molecule has 0 saturated heterocycles. The third kappa shape index (κ3) is 3.88. The van der Waals surface area contributed by atoms with Gasteiger partial charge in [-0.15, -0.1) is 5.10 Å². The van der Waals surface area contributed by atoms with Gasteiger partial charge < -0.3 is 4.74 Å². The summed E-state index contributed by atoms with van der Waals surface area (Å²) in [6.07, 6.45) is 0. The second kappa shape index (κ2) is 8.58.